The third kappa shape index (κ3) is 5.01. The van der Waals surface area contributed by atoms with Crippen LogP contribution >= 0.6 is 0 Å². The predicted molar refractivity (Wildman–Crippen MR) is 122 cm³/mol. The maximum absolute atomic E-state index is 13.0. The minimum Gasteiger partial charge on any atom is -0.507 e. The number of hydrogen-bond acceptors (Lipinski definition) is 7. The zero-order valence-corrected chi connectivity index (χ0v) is 18.6. The molecule has 0 aliphatic carbocycles. The molecule has 1 unspecified atom stereocenters. The van der Waals surface area contributed by atoms with Crippen LogP contribution in [-0.2, 0) is 14.3 Å². The minimum atomic E-state index is -0.878. The van der Waals surface area contributed by atoms with E-state index in [1.54, 1.807) is 49.4 Å². The quantitative estimate of drug-likeness (QED) is 0.246. The van der Waals surface area contributed by atoms with Gasteiger partial charge in [-0.25, -0.2) is 0 Å². The Morgan fingerprint density at radius 2 is 1.88 bits per heavy atom. The first kappa shape index (κ1) is 23.9. The number of ketones is 1. The number of phenols is 1. The van der Waals surface area contributed by atoms with Crippen LogP contribution in [0, 0.1) is 0 Å². The topological polar surface area (TPSA) is 106 Å². The Morgan fingerprint density at radius 1 is 1.15 bits per heavy atom. The summed E-state index contributed by atoms with van der Waals surface area (Å²) in [5.41, 5.74) is 0.822. The van der Waals surface area contributed by atoms with Crippen molar-refractivity contribution < 1.29 is 34.0 Å². The summed E-state index contributed by atoms with van der Waals surface area (Å²) in [6.07, 6.45) is 1.61. The van der Waals surface area contributed by atoms with Crippen LogP contribution in [0.15, 0.2) is 60.7 Å². The van der Waals surface area contributed by atoms with Gasteiger partial charge in [0.25, 0.3) is 11.7 Å². The number of hydrogen-bond donors (Lipinski definition) is 2. The van der Waals surface area contributed by atoms with Gasteiger partial charge in [0, 0.05) is 19.2 Å². The zero-order chi connectivity index (χ0) is 24.0. The molecule has 1 heterocycles. The molecule has 1 saturated heterocycles. The highest BCUT2D eigenvalue weighted by molar-refractivity contribution is 6.46. The fourth-order valence-corrected chi connectivity index (χ4v) is 3.64. The van der Waals surface area contributed by atoms with E-state index in [1.807, 2.05) is 0 Å². The molecule has 8 nitrogen and oxygen atoms in total. The van der Waals surface area contributed by atoms with Gasteiger partial charge in [-0.3, -0.25) is 9.59 Å². The first-order valence-corrected chi connectivity index (χ1v) is 10.5. The Balaban J connectivity index is 2.10. The maximum Gasteiger partial charge on any atom is 0.295 e. The second kappa shape index (κ2) is 10.7. The molecule has 0 bridgehead atoms. The van der Waals surface area contributed by atoms with Gasteiger partial charge in [0.15, 0.2) is 11.5 Å². The Hall–Kier alpha value is -3.78. The molecule has 1 atom stereocenters. The lowest BCUT2D eigenvalue weighted by atomic mass is 9.95. The van der Waals surface area contributed by atoms with E-state index in [-0.39, 0.29) is 36.0 Å². The molecule has 0 spiro atoms. The first-order valence-electron chi connectivity index (χ1n) is 10.5. The van der Waals surface area contributed by atoms with Crippen LogP contribution in [0.4, 0.5) is 0 Å². The second-order valence-electron chi connectivity index (χ2n) is 7.27. The smallest absolute Gasteiger partial charge is 0.295 e. The molecule has 3 rings (SSSR count). The summed E-state index contributed by atoms with van der Waals surface area (Å²) in [4.78, 5) is 27.2. The lowest BCUT2D eigenvalue weighted by Gasteiger charge is -2.25. The molecule has 1 aliphatic rings. The summed E-state index contributed by atoms with van der Waals surface area (Å²) in [6.45, 7) is 6.37. The molecular formula is C25H27NO7. The summed E-state index contributed by atoms with van der Waals surface area (Å²) in [5.74, 6) is -1.12. The van der Waals surface area contributed by atoms with Crippen molar-refractivity contribution in [3.8, 4) is 17.2 Å². The number of methoxy groups -OCH3 is 1. The van der Waals surface area contributed by atoms with Gasteiger partial charge in [-0.2, -0.15) is 0 Å². The largest absolute Gasteiger partial charge is 0.507 e. The number of nitrogens with zero attached hydrogens (tertiary/aromatic N) is 1. The van der Waals surface area contributed by atoms with Gasteiger partial charge in [0.2, 0.25) is 0 Å². The number of phenolic OH excluding ortho intramolecular Hbond substituents is 1. The standard InChI is InChI=1S/C25H27NO7/c1-4-13-33-18-9-6-16(7-10-18)23(28)21-22(26(12-14-31-3)25(30)24(21)29)17-8-11-19(27)20(15-17)32-5-2/h4,6-11,15,22,27-28H,1,5,12-14H2,2-3H3. The average Bonchev–Trinajstić information content (AvgIpc) is 3.07. The van der Waals surface area contributed by atoms with Crippen molar-refractivity contribution in [2.75, 3.05) is 33.5 Å². The number of benzene rings is 2. The second-order valence-corrected chi connectivity index (χ2v) is 7.27. The van der Waals surface area contributed by atoms with Gasteiger partial charge in [0.1, 0.15) is 18.1 Å². The fraction of sp³-hybridized carbons (Fsp3) is 0.280. The van der Waals surface area contributed by atoms with Crippen molar-refractivity contribution in [2.45, 2.75) is 13.0 Å². The van der Waals surface area contributed by atoms with Gasteiger partial charge in [-0.15, -0.1) is 0 Å². The number of aliphatic hydroxyl groups excluding tert-OH is 1. The van der Waals surface area contributed by atoms with Crippen LogP contribution in [-0.4, -0.2) is 60.3 Å². The predicted octanol–water partition coefficient (Wildman–Crippen LogP) is 3.42. The molecule has 0 radical (unpaired) electrons. The lowest BCUT2D eigenvalue weighted by molar-refractivity contribution is -0.140. The number of Topliss-reactive ketones (excluding diaryl/α,β-unsaturated/α-hetero) is 1. The SMILES string of the molecule is C=CCOc1ccc(C(O)=C2C(=O)C(=O)N(CCOC)C2c2ccc(O)c(OCC)c2)cc1. The van der Waals surface area contributed by atoms with Gasteiger partial charge < -0.3 is 29.3 Å². The van der Waals surface area contributed by atoms with Crippen molar-refractivity contribution in [1.82, 2.24) is 4.90 Å². The highest BCUT2D eigenvalue weighted by Gasteiger charge is 2.46. The van der Waals surface area contributed by atoms with Crippen LogP contribution in [0.25, 0.3) is 5.76 Å². The molecule has 2 N–H and O–H groups in total. The number of carbonyl (C=O) groups is 2. The van der Waals surface area contributed by atoms with Crippen molar-refractivity contribution in [1.29, 1.82) is 0 Å². The molecule has 1 fully saturated rings. The van der Waals surface area contributed by atoms with Crippen LogP contribution in [0.2, 0.25) is 0 Å². The van der Waals surface area contributed by atoms with Gasteiger partial charge in [-0.1, -0.05) is 18.7 Å². The zero-order valence-electron chi connectivity index (χ0n) is 18.6. The number of carbonyl (C=O) groups excluding carboxylic acids is 2. The van der Waals surface area contributed by atoms with E-state index < -0.39 is 17.7 Å². The van der Waals surface area contributed by atoms with Crippen LogP contribution in [0.3, 0.4) is 0 Å². The number of ether oxygens (including phenoxy) is 3. The van der Waals surface area contributed by atoms with E-state index >= 15 is 0 Å². The number of amides is 1. The van der Waals surface area contributed by atoms with E-state index in [0.29, 0.717) is 30.1 Å². The summed E-state index contributed by atoms with van der Waals surface area (Å²) in [7, 11) is 1.50. The van der Waals surface area contributed by atoms with Crippen molar-refractivity contribution in [3.05, 3.63) is 71.8 Å². The van der Waals surface area contributed by atoms with Gasteiger partial charge in [-0.05, 0) is 48.9 Å². The summed E-state index contributed by atoms with van der Waals surface area (Å²) in [6, 6.07) is 10.2. The molecule has 2 aromatic rings. The van der Waals surface area contributed by atoms with Gasteiger partial charge in [0.05, 0.1) is 24.8 Å². The van der Waals surface area contributed by atoms with E-state index in [1.165, 1.54) is 18.1 Å². The van der Waals surface area contributed by atoms with Crippen molar-refractivity contribution in [2.24, 2.45) is 0 Å². The average molecular weight is 453 g/mol. The molecular weight excluding hydrogens is 426 g/mol. The minimum absolute atomic E-state index is 0.0519. The molecule has 2 aromatic carbocycles. The number of aliphatic hydroxyl groups is 1. The molecule has 33 heavy (non-hydrogen) atoms. The molecule has 0 aromatic heterocycles. The third-order valence-corrected chi connectivity index (χ3v) is 5.17. The number of aromatic hydroxyl groups is 1. The summed E-state index contributed by atoms with van der Waals surface area (Å²) < 4.78 is 16.0. The Labute approximate surface area is 192 Å². The molecule has 8 heteroatoms. The monoisotopic (exact) mass is 453 g/mol. The molecule has 174 valence electrons. The molecule has 0 saturated carbocycles. The Morgan fingerprint density at radius 3 is 2.52 bits per heavy atom. The Kier molecular flexibility index (Phi) is 7.74. The number of rotatable bonds is 10. The summed E-state index contributed by atoms with van der Waals surface area (Å²) in [5, 5.41) is 21.2. The normalized spacial score (nSPS) is 17.3. The molecule has 1 aliphatic heterocycles. The third-order valence-electron chi connectivity index (χ3n) is 5.17. The summed E-state index contributed by atoms with van der Waals surface area (Å²) >= 11 is 0. The van der Waals surface area contributed by atoms with Crippen LogP contribution in [0.1, 0.15) is 24.1 Å². The highest BCUT2D eigenvalue weighted by atomic mass is 16.5. The first-order chi connectivity index (χ1) is 15.9. The Bertz CT molecular complexity index is 1060. The van der Waals surface area contributed by atoms with Crippen molar-refractivity contribution in [3.63, 3.8) is 0 Å². The molecule has 1 amide bonds. The lowest BCUT2D eigenvalue weighted by Crippen LogP contribution is -2.32. The van der Waals surface area contributed by atoms with Crippen LogP contribution < -0.4 is 9.47 Å². The van der Waals surface area contributed by atoms with Crippen molar-refractivity contribution >= 4 is 17.4 Å². The maximum atomic E-state index is 13.0. The number of likely N-dealkylation sites (tertiary alicyclic amines) is 1. The fourth-order valence-electron chi connectivity index (χ4n) is 3.64. The van der Waals surface area contributed by atoms with E-state index in [2.05, 4.69) is 6.58 Å². The highest BCUT2D eigenvalue weighted by Crippen LogP contribution is 2.41. The van der Waals surface area contributed by atoms with E-state index in [9.17, 15) is 19.8 Å². The van der Waals surface area contributed by atoms with Gasteiger partial charge >= 0.3 is 0 Å². The van der Waals surface area contributed by atoms with E-state index in [0.717, 1.165) is 0 Å². The van der Waals surface area contributed by atoms with E-state index in [4.69, 9.17) is 14.2 Å². The van der Waals surface area contributed by atoms with Crippen LogP contribution in [0.5, 0.6) is 17.2 Å².